The fourth-order valence-electron chi connectivity index (χ4n) is 1.34. The maximum absolute atomic E-state index is 11.3. The van der Waals surface area contributed by atoms with E-state index in [2.05, 4.69) is 26.2 Å². The molecular formula is C8H7BrN2O2. The Labute approximate surface area is 83.1 Å². The second-order valence-electron chi connectivity index (χ2n) is 3.04. The van der Waals surface area contributed by atoms with E-state index in [1.54, 1.807) is 12.3 Å². The highest BCUT2D eigenvalue weighted by molar-refractivity contribution is 9.10. The zero-order valence-corrected chi connectivity index (χ0v) is 8.42. The average Bonchev–Trinajstić information content (AvgIpc) is 2.24. The summed E-state index contributed by atoms with van der Waals surface area (Å²) >= 11 is 3.26. The number of pyridine rings is 1. The molecule has 2 rings (SSSR count). The van der Waals surface area contributed by atoms with Crippen molar-refractivity contribution in [1.29, 1.82) is 0 Å². The molecule has 0 saturated carbocycles. The number of fused-ring (bicyclic) bond motifs is 1. The zero-order chi connectivity index (χ0) is 9.64. The van der Waals surface area contributed by atoms with E-state index in [9.17, 15) is 9.90 Å². The molecule has 0 bridgehead atoms. The Kier molecular flexibility index (Phi) is 1.68. The molecule has 1 aliphatic rings. The molecule has 0 radical (unpaired) electrons. The van der Waals surface area contributed by atoms with Crippen LogP contribution in [-0.2, 0) is 10.4 Å². The summed E-state index contributed by atoms with van der Waals surface area (Å²) in [5, 5.41) is 12.3. The smallest absolute Gasteiger partial charge is 0.262 e. The quantitative estimate of drug-likeness (QED) is 0.714. The molecule has 2 N–H and O–H groups in total. The van der Waals surface area contributed by atoms with E-state index in [1.165, 1.54) is 6.92 Å². The summed E-state index contributed by atoms with van der Waals surface area (Å²) in [5.41, 5.74) is -0.984. The van der Waals surface area contributed by atoms with Crippen molar-refractivity contribution in [2.24, 2.45) is 0 Å². The maximum Gasteiger partial charge on any atom is 0.262 e. The third-order valence-electron chi connectivity index (χ3n) is 2.06. The van der Waals surface area contributed by atoms with Crippen LogP contribution in [0.5, 0.6) is 0 Å². The van der Waals surface area contributed by atoms with Crippen LogP contribution in [0.4, 0.5) is 5.82 Å². The maximum atomic E-state index is 11.3. The molecule has 5 heteroatoms. The van der Waals surface area contributed by atoms with Crippen LogP contribution in [0.25, 0.3) is 0 Å². The summed E-state index contributed by atoms with van der Waals surface area (Å²) in [7, 11) is 0. The van der Waals surface area contributed by atoms with Crippen LogP contribution in [-0.4, -0.2) is 16.0 Å². The molecule has 13 heavy (non-hydrogen) atoms. The number of aliphatic hydroxyl groups is 1. The molecule has 0 fully saturated rings. The average molecular weight is 243 g/mol. The highest BCUT2D eigenvalue weighted by atomic mass is 79.9. The lowest BCUT2D eigenvalue weighted by Gasteiger charge is -2.14. The molecule has 0 aliphatic carbocycles. The van der Waals surface area contributed by atoms with Gasteiger partial charge < -0.3 is 10.4 Å². The number of hydrogen-bond donors (Lipinski definition) is 2. The Morgan fingerprint density at radius 1 is 1.69 bits per heavy atom. The molecule has 1 atom stereocenters. The van der Waals surface area contributed by atoms with Crippen LogP contribution in [0, 0.1) is 0 Å². The van der Waals surface area contributed by atoms with Crippen molar-refractivity contribution >= 4 is 27.7 Å². The summed E-state index contributed by atoms with van der Waals surface area (Å²) in [6, 6.07) is 1.69. The number of rotatable bonds is 0. The summed E-state index contributed by atoms with van der Waals surface area (Å²) in [5.74, 6) is -0.0220. The van der Waals surface area contributed by atoms with E-state index in [0.29, 0.717) is 15.9 Å². The Bertz CT molecular complexity index is 390. The van der Waals surface area contributed by atoms with E-state index in [4.69, 9.17) is 0 Å². The summed E-state index contributed by atoms with van der Waals surface area (Å²) in [6.07, 6.45) is 1.56. The van der Waals surface area contributed by atoms with E-state index in [-0.39, 0.29) is 0 Å². The Morgan fingerprint density at radius 2 is 2.38 bits per heavy atom. The highest BCUT2D eigenvalue weighted by Gasteiger charge is 2.43. The second-order valence-corrected chi connectivity index (χ2v) is 3.90. The van der Waals surface area contributed by atoms with Gasteiger partial charge in [-0.1, -0.05) is 15.9 Å². The van der Waals surface area contributed by atoms with Crippen molar-refractivity contribution in [3.8, 4) is 0 Å². The monoisotopic (exact) mass is 242 g/mol. The molecule has 1 aromatic rings. The van der Waals surface area contributed by atoms with Gasteiger partial charge in [-0.3, -0.25) is 4.79 Å². The Morgan fingerprint density at radius 3 is 3.00 bits per heavy atom. The lowest BCUT2D eigenvalue weighted by atomic mass is 10.00. The lowest BCUT2D eigenvalue weighted by Crippen LogP contribution is -2.30. The van der Waals surface area contributed by atoms with Gasteiger partial charge in [0, 0.05) is 16.2 Å². The van der Waals surface area contributed by atoms with Crippen molar-refractivity contribution in [2.75, 3.05) is 5.32 Å². The van der Waals surface area contributed by atoms with Crippen molar-refractivity contribution in [3.63, 3.8) is 0 Å². The number of halogens is 1. The van der Waals surface area contributed by atoms with Gasteiger partial charge in [0.15, 0.2) is 5.60 Å². The minimum absolute atomic E-state index is 0.421. The number of carbonyl (C=O) groups excluding carboxylic acids is 1. The molecule has 0 aromatic carbocycles. The van der Waals surface area contributed by atoms with Crippen molar-refractivity contribution in [1.82, 2.24) is 4.98 Å². The van der Waals surface area contributed by atoms with Crippen molar-refractivity contribution in [3.05, 3.63) is 22.3 Å². The van der Waals surface area contributed by atoms with Gasteiger partial charge in [0.2, 0.25) is 0 Å². The number of anilines is 1. The third-order valence-corrected chi connectivity index (χ3v) is 2.72. The number of amides is 1. The van der Waals surface area contributed by atoms with Crippen molar-refractivity contribution < 1.29 is 9.90 Å². The van der Waals surface area contributed by atoms with E-state index < -0.39 is 11.5 Å². The number of carbonyl (C=O) groups is 1. The van der Waals surface area contributed by atoms with Crippen LogP contribution >= 0.6 is 15.9 Å². The summed E-state index contributed by atoms with van der Waals surface area (Å²) in [6.45, 7) is 1.45. The van der Waals surface area contributed by atoms with Gasteiger partial charge >= 0.3 is 0 Å². The fourth-order valence-corrected chi connectivity index (χ4v) is 2.03. The molecule has 68 valence electrons. The van der Waals surface area contributed by atoms with Gasteiger partial charge in [0.25, 0.3) is 5.91 Å². The molecule has 1 aliphatic heterocycles. The number of aromatic nitrogens is 1. The SMILES string of the molecule is C[C@@]1(O)C(=O)Nc2nccc(Br)c21. The number of hydrogen-bond acceptors (Lipinski definition) is 3. The zero-order valence-electron chi connectivity index (χ0n) is 6.84. The molecule has 0 unspecified atom stereocenters. The van der Waals surface area contributed by atoms with Gasteiger partial charge in [0.1, 0.15) is 5.82 Å². The molecule has 1 aromatic heterocycles. The summed E-state index contributed by atoms with van der Waals surface area (Å²) < 4.78 is 0.681. The topological polar surface area (TPSA) is 62.2 Å². The van der Waals surface area contributed by atoms with Crippen LogP contribution in [0.3, 0.4) is 0 Å². The largest absolute Gasteiger partial charge is 0.375 e. The molecular weight excluding hydrogens is 236 g/mol. The standard InChI is InChI=1S/C8H7BrN2O2/c1-8(13)5-4(9)2-3-10-6(5)11-7(8)12/h2-3,13H,1H3,(H,10,11,12)/t8-/m0/s1. The molecule has 0 saturated heterocycles. The predicted octanol–water partition coefficient (Wildman–Crippen LogP) is 1.00. The minimum Gasteiger partial charge on any atom is -0.375 e. The Hall–Kier alpha value is -0.940. The molecule has 0 spiro atoms. The molecule has 2 heterocycles. The van der Waals surface area contributed by atoms with Gasteiger partial charge in [0.05, 0.1) is 0 Å². The number of nitrogens with zero attached hydrogens (tertiary/aromatic N) is 1. The van der Waals surface area contributed by atoms with E-state index in [0.717, 1.165) is 0 Å². The first kappa shape index (κ1) is 8.65. The van der Waals surface area contributed by atoms with Gasteiger partial charge in [-0.2, -0.15) is 0 Å². The van der Waals surface area contributed by atoms with Gasteiger partial charge in [-0.15, -0.1) is 0 Å². The van der Waals surface area contributed by atoms with Crippen LogP contribution in [0.1, 0.15) is 12.5 Å². The van der Waals surface area contributed by atoms with Crippen LogP contribution in [0.2, 0.25) is 0 Å². The van der Waals surface area contributed by atoms with Gasteiger partial charge in [-0.05, 0) is 13.0 Å². The highest BCUT2D eigenvalue weighted by Crippen LogP contribution is 2.38. The van der Waals surface area contributed by atoms with Crippen LogP contribution < -0.4 is 5.32 Å². The lowest BCUT2D eigenvalue weighted by molar-refractivity contribution is -0.131. The Balaban J connectivity index is 2.70. The minimum atomic E-state index is -1.48. The second kappa shape index (κ2) is 2.52. The first-order valence-electron chi connectivity index (χ1n) is 3.72. The normalized spacial score (nSPS) is 25.6. The first-order chi connectivity index (χ1) is 6.03. The van der Waals surface area contributed by atoms with E-state index in [1.807, 2.05) is 0 Å². The van der Waals surface area contributed by atoms with E-state index >= 15 is 0 Å². The molecule has 1 amide bonds. The first-order valence-corrected chi connectivity index (χ1v) is 4.51. The summed E-state index contributed by atoms with van der Waals surface area (Å²) in [4.78, 5) is 15.2. The van der Waals surface area contributed by atoms with Crippen molar-refractivity contribution in [2.45, 2.75) is 12.5 Å². The van der Waals surface area contributed by atoms with Crippen LogP contribution in [0.15, 0.2) is 16.7 Å². The third kappa shape index (κ3) is 1.08. The van der Waals surface area contributed by atoms with Gasteiger partial charge in [-0.25, -0.2) is 4.98 Å². The number of nitrogens with one attached hydrogen (secondary N) is 1. The molecule has 4 nitrogen and oxygen atoms in total. The fraction of sp³-hybridized carbons (Fsp3) is 0.250. The predicted molar refractivity (Wildman–Crippen MR) is 50.1 cm³/mol.